The molecule has 1 N–H and O–H groups in total. The van der Waals surface area contributed by atoms with Gasteiger partial charge >= 0.3 is 0 Å². The van der Waals surface area contributed by atoms with Crippen molar-refractivity contribution in [3.05, 3.63) is 0 Å². The summed E-state index contributed by atoms with van der Waals surface area (Å²) in [4.78, 5) is 2.56. The monoisotopic (exact) mass is 210 g/mol. The van der Waals surface area contributed by atoms with Crippen LogP contribution in [0.1, 0.15) is 39.5 Å². The van der Waals surface area contributed by atoms with Crippen molar-refractivity contribution in [3.63, 3.8) is 0 Å². The van der Waals surface area contributed by atoms with Gasteiger partial charge in [-0.3, -0.25) is 0 Å². The van der Waals surface area contributed by atoms with E-state index >= 15 is 0 Å². The smallest absolute Gasteiger partial charge is 0.0197 e. The lowest BCUT2D eigenvalue weighted by atomic mass is 9.94. The van der Waals surface area contributed by atoms with Crippen LogP contribution in [0, 0.1) is 11.8 Å². The van der Waals surface area contributed by atoms with Crippen LogP contribution < -0.4 is 5.32 Å². The molecule has 2 aliphatic rings. The predicted molar refractivity (Wildman–Crippen MR) is 65.0 cm³/mol. The Kier molecular flexibility index (Phi) is 3.68. The molecule has 2 heteroatoms. The third-order valence-corrected chi connectivity index (χ3v) is 4.26. The van der Waals surface area contributed by atoms with E-state index in [1.807, 2.05) is 0 Å². The molecule has 2 fully saturated rings. The largest absolute Gasteiger partial charge is 0.313 e. The SMILES string of the molecule is CC1CCNC(CN(C)C(C)C2CC2)C1. The standard InChI is InChI=1S/C13H26N2/c1-10-6-7-14-13(8-10)9-15(3)11(2)12-4-5-12/h10-14H,4-9H2,1-3H3. The number of hydrogen-bond donors (Lipinski definition) is 1. The fraction of sp³-hybridized carbons (Fsp3) is 1.00. The molecule has 0 spiro atoms. The zero-order chi connectivity index (χ0) is 10.8. The van der Waals surface area contributed by atoms with Gasteiger partial charge in [-0.25, -0.2) is 0 Å². The molecule has 1 saturated heterocycles. The van der Waals surface area contributed by atoms with E-state index in [1.54, 1.807) is 0 Å². The molecule has 0 bridgehead atoms. The molecule has 0 radical (unpaired) electrons. The number of piperidine rings is 1. The van der Waals surface area contributed by atoms with Crippen molar-refractivity contribution in [2.45, 2.75) is 51.6 Å². The number of hydrogen-bond acceptors (Lipinski definition) is 2. The summed E-state index contributed by atoms with van der Waals surface area (Å²) in [5.74, 6) is 1.91. The first-order valence-corrected chi connectivity index (χ1v) is 6.60. The molecular weight excluding hydrogens is 184 g/mol. The highest BCUT2D eigenvalue weighted by atomic mass is 15.2. The van der Waals surface area contributed by atoms with Gasteiger partial charge in [0.2, 0.25) is 0 Å². The van der Waals surface area contributed by atoms with E-state index in [9.17, 15) is 0 Å². The third kappa shape index (κ3) is 3.18. The van der Waals surface area contributed by atoms with Crippen LogP contribution in [0.5, 0.6) is 0 Å². The summed E-state index contributed by atoms with van der Waals surface area (Å²) in [5.41, 5.74) is 0. The quantitative estimate of drug-likeness (QED) is 0.764. The summed E-state index contributed by atoms with van der Waals surface area (Å²) < 4.78 is 0. The van der Waals surface area contributed by atoms with E-state index in [0.29, 0.717) is 0 Å². The maximum Gasteiger partial charge on any atom is 0.0197 e. The van der Waals surface area contributed by atoms with Gasteiger partial charge in [0.25, 0.3) is 0 Å². The van der Waals surface area contributed by atoms with Crippen molar-refractivity contribution in [1.82, 2.24) is 10.2 Å². The van der Waals surface area contributed by atoms with Crippen molar-refractivity contribution in [2.24, 2.45) is 11.8 Å². The second-order valence-corrected chi connectivity index (χ2v) is 5.80. The van der Waals surface area contributed by atoms with Crippen LogP contribution >= 0.6 is 0 Å². The molecular formula is C13H26N2. The number of nitrogens with one attached hydrogen (secondary N) is 1. The van der Waals surface area contributed by atoms with Crippen LogP contribution in [0.2, 0.25) is 0 Å². The second-order valence-electron chi connectivity index (χ2n) is 5.80. The molecule has 0 aromatic heterocycles. The Labute approximate surface area is 94.4 Å². The van der Waals surface area contributed by atoms with Crippen LogP contribution in [0.4, 0.5) is 0 Å². The van der Waals surface area contributed by atoms with E-state index in [2.05, 4.69) is 31.1 Å². The highest BCUT2D eigenvalue weighted by Crippen LogP contribution is 2.34. The van der Waals surface area contributed by atoms with Gasteiger partial charge in [0.15, 0.2) is 0 Å². The Morgan fingerprint density at radius 3 is 2.67 bits per heavy atom. The Balaban J connectivity index is 1.74. The molecule has 1 saturated carbocycles. The summed E-state index contributed by atoms with van der Waals surface area (Å²) in [6, 6.07) is 1.53. The van der Waals surface area contributed by atoms with Crippen molar-refractivity contribution < 1.29 is 0 Å². The first-order chi connectivity index (χ1) is 7.16. The molecule has 15 heavy (non-hydrogen) atoms. The van der Waals surface area contributed by atoms with Crippen molar-refractivity contribution >= 4 is 0 Å². The maximum atomic E-state index is 3.65. The van der Waals surface area contributed by atoms with Gasteiger partial charge in [0, 0.05) is 18.6 Å². The van der Waals surface area contributed by atoms with Gasteiger partial charge in [-0.15, -0.1) is 0 Å². The molecule has 2 rings (SSSR count). The van der Waals surface area contributed by atoms with E-state index in [4.69, 9.17) is 0 Å². The summed E-state index contributed by atoms with van der Waals surface area (Å²) in [7, 11) is 2.30. The van der Waals surface area contributed by atoms with E-state index in [0.717, 1.165) is 23.9 Å². The molecule has 1 heterocycles. The Hall–Kier alpha value is -0.0800. The normalized spacial score (nSPS) is 34.4. The molecule has 3 atom stereocenters. The molecule has 0 amide bonds. The lowest BCUT2D eigenvalue weighted by molar-refractivity contribution is 0.183. The molecule has 3 unspecified atom stereocenters. The highest BCUT2D eigenvalue weighted by molar-refractivity contribution is 4.86. The Bertz CT molecular complexity index is 201. The lowest BCUT2D eigenvalue weighted by Gasteiger charge is -2.34. The zero-order valence-electron chi connectivity index (χ0n) is 10.5. The fourth-order valence-electron chi connectivity index (χ4n) is 2.81. The molecule has 88 valence electrons. The summed E-state index contributed by atoms with van der Waals surface area (Å²) in [6.45, 7) is 7.24. The van der Waals surface area contributed by atoms with Gasteiger partial charge in [0.1, 0.15) is 0 Å². The van der Waals surface area contributed by atoms with Crippen molar-refractivity contribution in [3.8, 4) is 0 Å². The molecule has 0 aromatic carbocycles. The van der Waals surface area contributed by atoms with Crippen LogP contribution in [0.25, 0.3) is 0 Å². The van der Waals surface area contributed by atoms with Gasteiger partial charge in [0.05, 0.1) is 0 Å². The van der Waals surface area contributed by atoms with Gasteiger partial charge in [-0.05, 0) is 58.0 Å². The zero-order valence-corrected chi connectivity index (χ0v) is 10.5. The van der Waals surface area contributed by atoms with Gasteiger partial charge < -0.3 is 10.2 Å². The highest BCUT2D eigenvalue weighted by Gasteiger charge is 2.31. The third-order valence-electron chi connectivity index (χ3n) is 4.26. The Morgan fingerprint density at radius 2 is 2.07 bits per heavy atom. The van der Waals surface area contributed by atoms with Crippen molar-refractivity contribution in [2.75, 3.05) is 20.1 Å². The second kappa shape index (κ2) is 4.84. The molecule has 1 aliphatic heterocycles. The van der Waals surface area contributed by atoms with Crippen LogP contribution in [-0.2, 0) is 0 Å². The first kappa shape index (κ1) is 11.4. The number of rotatable bonds is 4. The summed E-state index contributed by atoms with van der Waals surface area (Å²) in [6.07, 6.45) is 5.64. The minimum Gasteiger partial charge on any atom is -0.313 e. The first-order valence-electron chi connectivity index (χ1n) is 6.60. The van der Waals surface area contributed by atoms with Crippen LogP contribution in [0.15, 0.2) is 0 Å². The lowest BCUT2D eigenvalue weighted by Crippen LogP contribution is -2.47. The minimum absolute atomic E-state index is 0.736. The van der Waals surface area contributed by atoms with E-state index in [-0.39, 0.29) is 0 Å². The Morgan fingerprint density at radius 1 is 1.33 bits per heavy atom. The van der Waals surface area contributed by atoms with Crippen LogP contribution in [0.3, 0.4) is 0 Å². The van der Waals surface area contributed by atoms with Crippen LogP contribution in [-0.4, -0.2) is 37.1 Å². The van der Waals surface area contributed by atoms with E-state index < -0.39 is 0 Å². The van der Waals surface area contributed by atoms with Gasteiger partial charge in [-0.2, -0.15) is 0 Å². The fourth-order valence-corrected chi connectivity index (χ4v) is 2.81. The summed E-state index contributed by atoms with van der Waals surface area (Å²) in [5, 5.41) is 3.65. The van der Waals surface area contributed by atoms with Gasteiger partial charge in [-0.1, -0.05) is 6.92 Å². The molecule has 0 aromatic rings. The minimum atomic E-state index is 0.736. The average Bonchev–Trinajstić information content (AvgIpc) is 2.99. The average molecular weight is 210 g/mol. The summed E-state index contributed by atoms with van der Waals surface area (Å²) >= 11 is 0. The number of likely N-dealkylation sites (N-methyl/N-ethyl adjacent to an activating group) is 1. The van der Waals surface area contributed by atoms with E-state index in [1.165, 1.54) is 38.8 Å². The molecule has 2 nitrogen and oxygen atoms in total. The van der Waals surface area contributed by atoms with Crippen molar-refractivity contribution in [1.29, 1.82) is 0 Å². The number of nitrogens with zero attached hydrogens (tertiary/aromatic N) is 1. The molecule has 1 aliphatic carbocycles. The maximum absolute atomic E-state index is 3.65. The topological polar surface area (TPSA) is 15.3 Å². The predicted octanol–water partition coefficient (Wildman–Crippen LogP) is 2.10.